The Morgan fingerprint density at radius 3 is 2.53 bits per heavy atom. The van der Waals surface area contributed by atoms with Gasteiger partial charge in [-0.3, -0.25) is 0 Å². The number of pyridine rings is 1. The van der Waals surface area contributed by atoms with Gasteiger partial charge in [-0.2, -0.15) is 5.26 Å². The number of nitriles is 1. The molecule has 1 aromatic heterocycles. The first kappa shape index (κ1) is 9.63. The van der Waals surface area contributed by atoms with E-state index >= 15 is 0 Å². The maximum absolute atomic E-state index is 8.85. The summed E-state index contributed by atoms with van der Waals surface area (Å²) in [4.78, 5) is 2.91. The van der Waals surface area contributed by atoms with E-state index in [2.05, 4.69) is 11.1 Å². The molecular formula is C12H8N2S. The highest BCUT2D eigenvalue weighted by molar-refractivity contribution is 7.71. The molecule has 2 rings (SSSR count). The molecule has 0 unspecified atom stereocenters. The van der Waals surface area contributed by atoms with Crippen LogP contribution >= 0.6 is 12.2 Å². The summed E-state index contributed by atoms with van der Waals surface area (Å²) in [6, 6.07) is 13.7. The molecule has 0 atom stereocenters. The van der Waals surface area contributed by atoms with Gasteiger partial charge in [-0.1, -0.05) is 42.5 Å². The normalized spacial score (nSPS) is 9.53. The predicted octanol–water partition coefficient (Wildman–Crippen LogP) is 3.28. The maximum atomic E-state index is 8.85. The topological polar surface area (TPSA) is 39.6 Å². The van der Waals surface area contributed by atoms with E-state index in [1.165, 1.54) is 0 Å². The van der Waals surface area contributed by atoms with Crippen LogP contribution in [0.1, 0.15) is 5.56 Å². The third-order valence-electron chi connectivity index (χ3n) is 2.13. The van der Waals surface area contributed by atoms with Crippen LogP contribution in [-0.4, -0.2) is 4.98 Å². The molecule has 0 amide bonds. The van der Waals surface area contributed by atoms with Gasteiger partial charge >= 0.3 is 0 Å². The van der Waals surface area contributed by atoms with Crippen molar-refractivity contribution in [3.05, 3.63) is 52.8 Å². The smallest absolute Gasteiger partial charge is 0.121 e. The van der Waals surface area contributed by atoms with Gasteiger partial charge in [0.25, 0.3) is 0 Å². The molecule has 0 radical (unpaired) electrons. The molecule has 0 spiro atoms. The summed E-state index contributed by atoms with van der Waals surface area (Å²) in [5.41, 5.74) is 2.55. The summed E-state index contributed by atoms with van der Waals surface area (Å²) in [6.45, 7) is 0. The molecule has 0 fully saturated rings. The lowest BCUT2D eigenvalue weighted by Gasteiger charge is -2.01. The Hall–Kier alpha value is -1.92. The molecule has 0 saturated carbocycles. The second-order valence-electron chi connectivity index (χ2n) is 3.11. The van der Waals surface area contributed by atoms with Crippen molar-refractivity contribution in [1.82, 2.24) is 4.98 Å². The number of hydrogen-bond donors (Lipinski definition) is 1. The molecule has 2 nitrogen and oxygen atoms in total. The van der Waals surface area contributed by atoms with Crippen LogP contribution < -0.4 is 0 Å². The van der Waals surface area contributed by atoms with Crippen LogP contribution in [0.5, 0.6) is 0 Å². The summed E-state index contributed by atoms with van der Waals surface area (Å²) in [7, 11) is 0. The Balaban J connectivity index is 2.57. The Morgan fingerprint density at radius 2 is 1.87 bits per heavy atom. The molecule has 0 aliphatic rings. The van der Waals surface area contributed by atoms with Crippen LogP contribution in [0.3, 0.4) is 0 Å². The van der Waals surface area contributed by atoms with E-state index in [-0.39, 0.29) is 0 Å². The van der Waals surface area contributed by atoms with E-state index in [9.17, 15) is 0 Å². The van der Waals surface area contributed by atoms with Crippen LogP contribution in [0.2, 0.25) is 0 Å². The first-order chi connectivity index (χ1) is 7.31. The third-order valence-corrected chi connectivity index (χ3v) is 2.47. The van der Waals surface area contributed by atoms with Crippen molar-refractivity contribution in [3.8, 4) is 17.2 Å². The van der Waals surface area contributed by atoms with Crippen LogP contribution in [0.15, 0.2) is 42.6 Å². The minimum atomic E-state index is 0.484. The van der Waals surface area contributed by atoms with E-state index in [1.54, 1.807) is 6.07 Å². The summed E-state index contributed by atoms with van der Waals surface area (Å²) >= 11 is 4.98. The third kappa shape index (κ3) is 1.95. The number of rotatable bonds is 1. The number of hydrogen-bond acceptors (Lipinski definition) is 2. The molecular weight excluding hydrogens is 204 g/mol. The van der Waals surface area contributed by atoms with Gasteiger partial charge in [0.15, 0.2) is 0 Å². The quantitative estimate of drug-likeness (QED) is 0.737. The number of nitrogens with zero attached hydrogens (tertiary/aromatic N) is 1. The average molecular weight is 212 g/mol. The Bertz CT molecular complexity index is 564. The molecule has 1 N–H and O–H groups in total. The summed E-state index contributed by atoms with van der Waals surface area (Å²) in [5, 5.41) is 8.85. The molecule has 2 aromatic rings. The lowest BCUT2D eigenvalue weighted by Crippen LogP contribution is -1.85. The van der Waals surface area contributed by atoms with Gasteiger partial charge in [0.2, 0.25) is 0 Å². The monoisotopic (exact) mass is 212 g/mol. The zero-order valence-corrected chi connectivity index (χ0v) is 8.71. The predicted molar refractivity (Wildman–Crippen MR) is 61.8 cm³/mol. The Kier molecular flexibility index (Phi) is 2.61. The Morgan fingerprint density at radius 1 is 1.13 bits per heavy atom. The van der Waals surface area contributed by atoms with Crippen LogP contribution in [0, 0.1) is 16.0 Å². The highest BCUT2D eigenvalue weighted by atomic mass is 32.1. The van der Waals surface area contributed by atoms with E-state index in [0.29, 0.717) is 10.2 Å². The fraction of sp³-hybridized carbons (Fsp3) is 0. The van der Waals surface area contributed by atoms with Crippen LogP contribution in [0.4, 0.5) is 0 Å². The van der Waals surface area contributed by atoms with Gasteiger partial charge in [0.1, 0.15) is 10.7 Å². The Labute approximate surface area is 92.8 Å². The molecule has 0 saturated heterocycles. The van der Waals surface area contributed by atoms with Gasteiger partial charge in [-0.25, -0.2) is 0 Å². The molecule has 0 bridgehead atoms. The van der Waals surface area contributed by atoms with Crippen molar-refractivity contribution in [2.24, 2.45) is 0 Å². The van der Waals surface area contributed by atoms with Crippen molar-refractivity contribution >= 4 is 12.2 Å². The lowest BCUT2D eigenvalue weighted by molar-refractivity contribution is 1.27. The number of aromatic nitrogens is 1. The second-order valence-corrected chi connectivity index (χ2v) is 3.52. The number of nitrogens with one attached hydrogen (secondary N) is 1. The second kappa shape index (κ2) is 4.07. The van der Waals surface area contributed by atoms with Crippen molar-refractivity contribution < 1.29 is 0 Å². The van der Waals surface area contributed by atoms with Crippen LogP contribution in [0.25, 0.3) is 11.1 Å². The minimum absolute atomic E-state index is 0.484. The van der Waals surface area contributed by atoms with Crippen molar-refractivity contribution in [2.75, 3.05) is 0 Å². The highest BCUT2D eigenvalue weighted by Gasteiger charge is 1.99. The number of aromatic amines is 1. The number of H-pyrrole nitrogens is 1. The zero-order chi connectivity index (χ0) is 10.7. The molecule has 72 valence electrons. The fourth-order valence-corrected chi connectivity index (χ4v) is 1.53. The largest absolute Gasteiger partial charge is 0.351 e. The number of benzene rings is 1. The van der Waals surface area contributed by atoms with Gasteiger partial charge in [-0.05, 0) is 17.2 Å². The van der Waals surface area contributed by atoms with E-state index in [1.807, 2.05) is 36.5 Å². The fourth-order valence-electron chi connectivity index (χ4n) is 1.36. The molecule has 0 aliphatic carbocycles. The lowest BCUT2D eigenvalue weighted by atomic mass is 10.1. The van der Waals surface area contributed by atoms with Crippen molar-refractivity contribution in [1.29, 1.82) is 5.26 Å². The summed E-state index contributed by atoms with van der Waals surface area (Å²) < 4.78 is 0.484. The van der Waals surface area contributed by atoms with Crippen LogP contribution in [-0.2, 0) is 0 Å². The first-order valence-corrected chi connectivity index (χ1v) is 4.90. The summed E-state index contributed by atoms with van der Waals surface area (Å²) in [6.07, 6.45) is 1.82. The summed E-state index contributed by atoms with van der Waals surface area (Å²) in [5.74, 6) is 0. The van der Waals surface area contributed by atoms with Gasteiger partial charge in [0.05, 0.1) is 5.56 Å². The molecule has 0 aliphatic heterocycles. The highest BCUT2D eigenvalue weighted by Crippen LogP contribution is 2.18. The van der Waals surface area contributed by atoms with Crippen molar-refractivity contribution in [3.63, 3.8) is 0 Å². The standard InChI is InChI=1S/C12H8N2S/c13-7-10-6-11(8-14-12(10)15)9-4-2-1-3-5-9/h1-6,8H,(H,14,15). The van der Waals surface area contributed by atoms with E-state index in [0.717, 1.165) is 11.1 Å². The minimum Gasteiger partial charge on any atom is -0.351 e. The zero-order valence-electron chi connectivity index (χ0n) is 7.90. The van der Waals surface area contributed by atoms with E-state index < -0.39 is 0 Å². The molecule has 3 heteroatoms. The average Bonchev–Trinajstić information content (AvgIpc) is 2.31. The van der Waals surface area contributed by atoms with E-state index in [4.69, 9.17) is 17.5 Å². The molecule has 1 heterocycles. The molecule has 15 heavy (non-hydrogen) atoms. The maximum Gasteiger partial charge on any atom is 0.121 e. The first-order valence-electron chi connectivity index (χ1n) is 4.49. The van der Waals surface area contributed by atoms with Gasteiger partial charge < -0.3 is 4.98 Å². The van der Waals surface area contributed by atoms with Gasteiger partial charge in [-0.15, -0.1) is 0 Å². The van der Waals surface area contributed by atoms with Crippen molar-refractivity contribution in [2.45, 2.75) is 0 Å². The molecule has 1 aromatic carbocycles. The SMILES string of the molecule is N#Cc1cc(-c2ccccc2)c[nH]c1=S. The van der Waals surface area contributed by atoms with Gasteiger partial charge in [0, 0.05) is 6.20 Å².